The van der Waals surface area contributed by atoms with Crippen molar-refractivity contribution in [3.63, 3.8) is 0 Å². The van der Waals surface area contributed by atoms with Crippen LogP contribution in [0.15, 0.2) is 4.79 Å². The molecule has 0 aliphatic carbocycles. The third-order valence-corrected chi connectivity index (χ3v) is 2.15. The van der Waals surface area contributed by atoms with Gasteiger partial charge in [-0.05, 0) is 6.92 Å². The van der Waals surface area contributed by atoms with Crippen molar-refractivity contribution in [1.29, 1.82) is 0 Å². The summed E-state index contributed by atoms with van der Waals surface area (Å²) < 4.78 is 1.33. The highest BCUT2D eigenvalue weighted by Crippen LogP contribution is 2.06. The Kier molecular flexibility index (Phi) is 2.80. The first-order chi connectivity index (χ1) is 7.29. The van der Waals surface area contributed by atoms with Crippen LogP contribution in [-0.2, 0) is 0 Å². The lowest BCUT2D eigenvalue weighted by molar-refractivity contribution is 0.0898. The van der Waals surface area contributed by atoms with Crippen LogP contribution < -0.4 is 11.4 Å². The third kappa shape index (κ3) is 1.56. The fourth-order valence-electron chi connectivity index (χ4n) is 1.56. The van der Waals surface area contributed by atoms with Gasteiger partial charge in [0, 0.05) is 13.8 Å². The second-order valence-corrected chi connectivity index (χ2v) is 3.29. The van der Waals surface area contributed by atoms with Crippen molar-refractivity contribution in [2.75, 3.05) is 0 Å². The number of nitrogens with two attached hydrogens (primary N) is 1. The number of hydrogen-bond acceptors (Lipinski definition) is 4. The number of aromatic nitrogens is 2. The van der Waals surface area contributed by atoms with Crippen LogP contribution in [0.2, 0.25) is 0 Å². The molecular formula is C9H11N3O4. The number of carbonyl (C=O) groups excluding carboxylic acids is 3. The van der Waals surface area contributed by atoms with E-state index in [9.17, 15) is 19.2 Å². The molecule has 0 aliphatic rings. The summed E-state index contributed by atoms with van der Waals surface area (Å²) in [6.45, 7) is 3.64. The molecule has 0 atom stereocenters. The molecule has 0 bridgehead atoms. The van der Waals surface area contributed by atoms with E-state index in [2.05, 4.69) is 0 Å². The summed E-state index contributed by atoms with van der Waals surface area (Å²) in [5, 5.41) is 0. The van der Waals surface area contributed by atoms with Crippen LogP contribution in [0.3, 0.4) is 0 Å². The molecule has 0 unspecified atom stereocenters. The fourth-order valence-corrected chi connectivity index (χ4v) is 1.56. The van der Waals surface area contributed by atoms with Crippen molar-refractivity contribution in [2.24, 2.45) is 5.73 Å². The van der Waals surface area contributed by atoms with Gasteiger partial charge in [-0.25, -0.2) is 13.9 Å². The van der Waals surface area contributed by atoms with Gasteiger partial charge in [0.15, 0.2) is 0 Å². The van der Waals surface area contributed by atoms with Crippen LogP contribution in [0.25, 0.3) is 0 Å². The molecule has 2 N–H and O–H groups in total. The van der Waals surface area contributed by atoms with Gasteiger partial charge in [-0.15, -0.1) is 0 Å². The van der Waals surface area contributed by atoms with Crippen molar-refractivity contribution in [3.8, 4) is 0 Å². The second-order valence-electron chi connectivity index (χ2n) is 3.29. The van der Waals surface area contributed by atoms with E-state index >= 15 is 0 Å². The number of imidazole rings is 1. The van der Waals surface area contributed by atoms with E-state index < -0.39 is 23.4 Å². The Morgan fingerprint density at radius 3 is 1.75 bits per heavy atom. The molecule has 86 valence electrons. The van der Waals surface area contributed by atoms with Crippen molar-refractivity contribution in [2.45, 2.75) is 20.8 Å². The number of carbonyl (C=O) groups is 3. The van der Waals surface area contributed by atoms with Gasteiger partial charge < -0.3 is 5.73 Å². The normalized spacial score (nSPS) is 10.2. The van der Waals surface area contributed by atoms with E-state index in [1.165, 1.54) is 6.92 Å². The van der Waals surface area contributed by atoms with Gasteiger partial charge >= 0.3 is 5.69 Å². The number of primary amides is 1. The lowest BCUT2D eigenvalue weighted by Gasteiger charge is -1.98. The Balaban J connectivity index is 3.81. The highest BCUT2D eigenvalue weighted by Gasteiger charge is 2.24. The number of hydrogen-bond donors (Lipinski definition) is 1. The summed E-state index contributed by atoms with van der Waals surface area (Å²) in [5.74, 6) is -2.17. The minimum Gasteiger partial charge on any atom is -0.364 e. The summed E-state index contributed by atoms with van der Waals surface area (Å²) >= 11 is 0. The molecule has 1 aromatic rings. The predicted octanol–water partition coefficient (Wildman–Crippen LogP) is -0.623. The Morgan fingerprint density at radius 2 is 1.50 bits per heavy atom. The Labute approximate surface area is 90.5 Å². The van der Waals surface area contributed by atoms with E-state index in [-0.39, 0.29) is 11.4 Å². The van der Waals surface area contributed by atoms with Gasteiger partial charge in [-0.2, -0.15) is 0 Å². The van der Waals surface area contributed by atoms with Crippen LogP contribution in [0.4, 0.5) is 0 Å². The Morgan fingerprint density at radius 1 is 1.06 bits per heavy atom. The molecule has 0 radical (unpaired) electrons. The zero-order chi connectivity index (χ0) is 12.6. The van der Waals surface area contributed by atoms with Crippen molar-refractivity contribution in [1.82, 2.24) is 9.13 Å². The number of rotatable bonds is 1. The topological polar surface area (TPSA) is 104 Å². The molecule has 0 saturated heterocycles. The minimum absolute atomic E-state index is 0.0696. The lowest BCUT2D eigenvalue weighted by Crippen LogP contribution is -2.32. The summed E-state index contributed by atoms with van der Waals surface area (Å²) in [6.07, 6.45) is 0. The maximum atomic E-state index is 11.7. The standard InChI is InChI=1S/C9H11N3O4/c1-4-7(8(10)15)12(6(3)14)9(16)11(4)5(2)13/h1-3H3,(H2,10,15). The molecule has 0 fully saturated rings. The van der Waals surface area contributed by atoms with Crippen LogP contribution in [0.5, 0.6) is 0 Å². The van der Waals surface area contributed by atoms with E-state index in [1.54, 1.807) is 0 Å². The molecule has 0 spiro atoms. The van der Waals surface area contributed by atoms with Gasteiger partial charge in [0.05, 0.1) is 5.69 Å². The van der Waals surface area contributed by atoms with Gasteiger partial charge in [0.2, 0.25) is 11.8 Å². The van der Waals surface area contributed by atoms with E-state index in [1.807, 2.05) is 0 Å². The molecule has 7 heteroatoms. The fraction of sp³-hybridized carbons (Fsp3) is 0.333. The largest absolute Gasteiger partial charge is 0.364 e. The first-order valence-corrected chi connectivity index (χ1v) is 4.45. The minimum atomic E-state index is -0.926. The molecule has 1 aromatic heterocycles. The average molecular weight is 225 g/mol. The maximum absolute atomic E-state index is 11.7. The zero-order valence-corrected chi connectivity index (χ0v) is 9.10. The Bertz CT molecular complexity index is 550. The monoisotopic (exact) mass is 225 g/mol. The molecule has 1 rings (SSSR count). The second kappa shape index (κ2) is 3.76. The summed E-state index contributed by atoms with van der Waals surface area (Å²) in [7, 11) is 0. The molecular weight excluding hydrogens is 214 g/mol. The van der Waals surface area contributed by atoms with E-state index in [4.69, 9.17) is 5.73 Å². The first-order valence-electron chi connectivity index (χ1n) is 4.45. The number of nitrogens with zero attached hydrogens (tertiary/aromatic N) is 2. The molecule has 1 amide bonds. The molecule has 16 heavy (non-hydrogen) atoms. The quantitative estimate of drug-likeness (QED) is 0.687. The summed E-state index contributed by atoms with van der Waals surface area (Å²) in [6, 6.07) is 0. The Hall–Kier alpha value is -2.18. The predicted molar refractivity (Wildman–Crippen MR) is 54.5 cm³/mol. The van der Waals surface area contributed by atoms with Crippen LogP contribution in [-0.4, -0.2) is 26.9 Å². The van der Waals surface area contributed by atoms with E-state index in [0.29, 0.717) is 4.57 Å². The molecule has 0 aliphatic heterocycles. The number of amides is 1. The van der Waals surface area contributed by atoms with Crippen molar-refractivity contribution in [3.05, 3.63) is 21.9 Å². The van der Waals surface area contributed by atoms with Gasteiger partial charge in [0.1, 0.15) is 5.69 Å². The molecule has 0 aromatic carbocycles. The van der Waals surface area contributed by atoms with Crippen molar-refractivity contribution >= 4 is 17.7 Å². The molecule has 0 saturated carbocycles. The maximum Gasteiger partial charge on any atom is 0.342 e. The van der Waals surface area contributed by atoms with Gasteiger partial charge in [-0.1, -0.05) is 0 Å². The van der Waals surface area contributed by atoms with Crippen LogP contribution in [0.1, 0.15) is 39.6 Å². The van der Waals surface area contributed by atoms with Crippen molar-refractivity contribution < 1.29 is 14.4 Å². The van der Waals surface area contributed by atoms with Crippen LogP contribution in [0, 0.1) is 6.92 Å². The zero-order valence-electron chi connectivity index (χ0n) is 9.10. The molecule has 1 heterocycles. The summed E-state index contributed by atoms with van der Waals surface area (Å²) in [5.41, 5.74) is 4.00. The summed E-state index contributed by atoms with van der Waals surface area (Å²) in [4.78, 5) is 45.2. The highest BCUT2D eigenvalue weighted by atomic mass is 16.2. The van der Waals surface area contributed by atoms with Gasteiger partial charge in [0.25, 0.3) is 5.91 Å². The third-order valence-electron chi connectivity index (χ3n) is 2.15. The average Bonchev–Trinajstić information content (AvgIpc) is 2.36. The smallest absolute Gasteiger partial charge is 0.342 e. The van der Waals surface area contributed by atoms with Crippen LogP contribution >= 0.6 is 0 Å². The van der Waals surface area contributed by atoms with E-state index in [0.717, 1.165) is 18.4 Å². The lowest BCUT2D eigenvalue weighted by atomic mass is 10.3. The highest BCUT2D eigenvalue weighted by molar-refractivity contribution is 5.97. The van der Waals surface area contributed by atoms with Gasteiger partial charge in [-0.3, -0.25) is 14.4 Å². The SMILES string of the molecule is CC(=O)n1c(C)c(C(N)=O)n(C(C)=O)c1=O. The molecule has 7 nitrogen and oxygen atoms in total. The first kappa shape index (κ1) is 11.9.